The van der Waals surface area contributed by atoms with Crippen LogP contribution in [-0.2, 0) is 18.4 Å². The van der Waals surface area contributed by atoms with E-state index in [-0.39, 0.29) is 11.8 Å². The third-order valence-electron chi connectivity index (χ3n) is 4.77. The Morgan fingerprint density at radius 3 is 2.68 bits per heavy atom. The van der Waals surface area contributed by atoms with Crippen LogP contribution in [0, 0.1) is 11.8 Å². The van der Waals surface area contributed by atoms with Gasteiger partial charge >= 0.3 is 0 Å². The van der Waals surface area contributed by atoms with Gasteiger partial charge in [0.05, 0.1) is 17.8 Å². The van der Waals surface area contributed by atoms with Crippen LogP contribution in [0.3, 0.4) is 0 Å². The summed E-state index contributed by atoms with van der Waals surface area (Å²) < 4.78 is 1.75. The molecule has 2 saturated heterocycles. The normalized spacial score (nSPS) is 25.0. The quantitative estimate of drug-likeness (QED) is 0.862. The number of likely N-dealkylation sites (tertiary alicyclic amines) is 1. The van der Waals surface area contributed by atoms with Gasteiger partial charge in [0.15, 0.2) is 0 Å². The maximum Gasteiger partial charge on any atom is 0.231 e. The maximum absolute atomic E-state index is 12.7. The van der Waals surface area contributed by atoms with Crippen LogP contribution < -0.4 is 4.90 Å². The minimum absolute atomic E-state index is 0.143. The van der Waals surface area contributed by atoms with Gasteiger partial charge in [-0.25, -0.2) is 0 Å². The standard InChI is InChI=1S/C17H20N4O/c1-19-11-15(7-18-19)21-10-14-9-20(12-16(14)17(21)22)8-13-5-3-2-4-6-13/h2-7,11,14,16H,8-10,12H2,1H3/t14-,16-/m0/s1. The molecule has 0 saturated carbocycles. The lowest BCUT2D eigenvalue weighted by molar-refractivity contribution is -0.120. The number of aromatic nitrogens is 2. The molecule has 0 unspecified atom stereocenters. The van der Waals surface area contributed by atoms with E-state index < -0.39 is 0 Å². The van der Waals surface area contributed by atoms with Crippen LogP contribution >= 0.6 is 0 Å². The number of benzene rings is 1. The molecule has 2 aliphatic heterocycles. The van der Waals surface area contributed by atoms with Gasteiger partial charge in [-0.1, -0.05) is 30.3 Å². The van der Waals surface area contributed by atoms with Crippen LogP contribution in [0.25, 0.3) is 0 Å². The average molecular weight is 296 g/mol. The highest BCUT2D eigenvalue weighted by atomic mass is 16.2. The zero-order chi connectivity index (χ0) is 15.1. The van der Waals surface area contributed by atoms with Crippen LogP contribution in [0.1, 0.15) is 5.56 Å². The summed E-state index contributed by atoms with van der Waals surface area (Å²) >= 11 is 0. The average Bonchev–Trinajstić information content (AvgIpc) is 3.17. The lowest BCUT2D eigenvalue weighted by Gasteiger charge is -2.20. The molecule has 5 heteroatoms. The third-order valence-corrected chi connectivity index (χ3v) is 4.77. The Kier molecular flexibility index (Phi) is 3.22. The number of carbonyl (C=O) groups excluding carboxylic acids is 1. The number of anilines is 1. The van der Waals surface area contributed by atoms with E-state index in [1.165, 1.54) is 5.56 Å². The van der Waals surface area contributed by atoms with Crippen molar-refractivity contribution in [2.75, 3.05) is 24.5 Å². The van der Waals surface area contributed by atoms with Crippen molar-refractivity contribution in [2.45, 2.75) is 6.54 Å². The Morgan fingerprint density at radius 1 is 1.18 bits per heavy atom. The zero-order valence-electron chi connectivity index (χ0n) is 12.7. The molecule has 2 aromatic rings. The van der Waals surface area contributed by atoms with Crippen LogP contribution in [0.15, 0.2) is 42.7 Å². The first-order chi connectivity index (χ1) is 10.7. The molecule has 114 valence electrons. The van der Waals surface area contributed by atoms with Crippen molar-refractivity contribution in [3.63, 3.8) is 0 Å². The summed E-state index contributed by atoms with van der Waals surface area (Å²) in [7, 11) is 1.88. The molecule has 0 spiro atoms. The molecule has 0 bridgehead atoms. The van der Waals surface area contributed by atoms with Crippen molar-refractivity contribution in [1.29, 1.82) is 0 Å². The molecule has 0 radical (unpaired) electrons. The van der Waals surface area contributed by atoms with Gasteiger partial charge in [0.25, 0.3) is 0 Å². The van der Waals surface area contributed by atoms with Gasteiger partial charge in [-0.3, -0.25) is 14.4 Å². The first-order valence-electron chi connectivity index (χ1n) is 7.77. The van der Waals surface area contributed by atoms with E-state index in [0.29, 0.717) is 5.92 Å². The fourth-order valence-electron chi connectivity index (χ4n) is 3.70. The zero-order valence-corrected chi connectivity index (χ0v) is 12.7. The SMILES string of the molecule is Cn1cc(N2C[C@@H]3CN(Cc4ccccc4)C[C@@H]3C2=O)cn1. The molecule has 2 fully saturated rings. The van der Waals surface area contributed by atoms with E-state index in [0.717, 1.165) is 31.9 Å². The van der Waals surface area contributed by atoms with Crippen molar-refractivity contribution in [3.8, 4) is 0 Å². The van der Waals surface area contributed by atoms with E-state index in [2.05, 4.69) is 34.3 Å². The molecule has 1 aromatic heterocycles. The van der Waals surface area contributed by atoms with E-state index in [1.807, 2.05) is 24.2 Å². The molecule has 22 heavy (non-hydrogen) atoms. The highest BCUT2D eigenvalue weighted by Gasteiger charge is 2.46. The Bertz CT molecular complexity index is 681. The van der Waals surface area contributed by atoms with Crippen LogP contribution in [0.5, 0.6) is 0 Å². The van der Waals surface area contributed by atoms with Crippen LogP contribution in [0.4, 0.5) is 5.69 Å². The van der Waals surface area contributed by atoms with Crippen molar-refractivity contribution >= 4 is 11.6 Å². The maximum atomic E-state index is 12.7. The number of hydrogen-bond donors (Lipinski definition) is 0. The van der Waals surface area contributed by atoms with Gasteiger partial charge in [-0.05, 0) is 5.56 Å². The monoisotopic (exact) mass is 296 g/mol. The Balaban J connectivity index is 1.44. The van der Waals surface area contributed by atoms with E-state index in [9.17, 15) is 4.79 Å². The highest BCUT2D eigenvalue weighted by Crippen LogP contribution is 2.35. The summed E-state index contributed by atoms with van der Waals surface area (Å²) in [4.78, 5) is 17.0. The van der Waals surface area contributed by atoms with Gasteiger partial charge in [-0.2, -0.15) is 5.10 Å². The molecular weight excluding hydrogens is 276 g/mol. The topological polar surface area (TPSA) is 41.4 Å². The highest BCUT2D eigenvalue weighted by molar-refractivity contribution is 5.97. The number of rotatable bonds is 3. The predicted molar refractivity (Wildman–Crippen MR) is 84.3 cm³/mol. The number of fused-ring (bicyclic) bond motifs is 1. The largest absolute Gasteiger partial charge is 0.309 e. The fourth-order valence-corrected chi connectivity index (χ4v) is 3.70. The van der Waals surface area contributed by atoms with E-state index in [4.69, 9.17) is 0 Å². The van der Waals surface area contributed by atoms with Gasteiger partial charge in [0, 0.05) is 45.3 Å². The summed E-state index contributed by atoms with van der Waals surface area (Å²) in [5.74, 6) is 0.842. The van der Waals surface area contributed by atoms with E-state index >= 15 is 0 Å². The molecule has 0 N–H and O–H groups in total. The Labute approximate surface area is 130 Å². The third kappa shape index (κ3) is 2.31. The summed E-state index contributed by atoms with van der Waals surface area (Å²) in [5, 5.41) is 4.17. The summed E-state index contributed by atoms with van der Waals surface area (Å²) in [6.45, 7) is 3.63. The first-order valence-corrected chi connectivity index (χ1v) is 7.77. The molecule has 4 rings (SSSR count). The van der Waals surface area contributed by atoms with Crippen molar-refractivity contribution in [1.82, 2.24) is 14.7 Å². The summed E-state index contributed by atoms with van der Waals surface area (Å²) in [5.41, 5.74) is 2.25. The molecular formula is C17H20N4O. The molecule has 2 atom stereocenters. The van der Waals surface area contributed by atoms with Gasteiger partial charge in [0.1, 0.15) is 0 Å². The van der Waals surface area contributed by atoms with Crippen molar-refractivity contribution < 1.29 is 4.79 Å². The number of hydrogen-bond acceptors (Lipinski definition) is 3. The molecule has 1 amide bonds. The van der Waals surface area contributed by atoms with Crippen LogP contribution in [0.2, 0.25) is 0 Å². The lowest BCUT2D eigenvalue weighted by Crippen LogP contribution is -2.32. The fraction of sp³-hybridized carbons (Fsp3) is 0.412. The molecule has 3 heterocycles. The number of nitrogens with zero attached hydrogens (tertiary/aromatic N) is 4. The Morgan fingerprint density at radius 2 is 2.00 bits per heavy atom. The van der Waals surface area contributed by atoms with Gasteiger partial charge in [0.2, 0.25) is 5.91 Å². The molecule has 0 aliphatic carbocycles. The molecule has 5 nitrogen and oxygen atoms in total. The van der Waals surface area contributed by atoms with Crippen molar-refractivity contribution in [2.24, 2.45) is 18.9 Å². The van der Waals surface area contributed by atoms with E-state index in [1.54, 1.807) is 10.9 Å². The smallest absolute Gasteiger partial charge is 0.231 e. The first kappa shape index (κ1) is 13.5. The Hall–Kier alpha value is -2.14. The number of amides is 1. The number of carbonyl (C=O) groups is 1. The number of aryl methyl sites for hydroxylation is 1. The van der Waals surface area contributed by atoms with Crippen LogP contribution in [-0.4, -0.2) is 40.2 Å². The van der Waals surface area contributed by atoms with Crippen molar-refractivity contribution in [3.05, 3.63) is 48.3 Å². The minimum Gasteiger partial charge on any atom is -0.309 e. The van der Waals surface area contributed by atoms with Gasteiger partial charge in [-0.15, -0.1) is 0 Å². The summed E-state index contributed by atoms with van der Waals surface area (Å²) in [6.07, 6.45) is 3.70. The summed E-state index contributed by atoms with van der Waals surface area (Å²) in [6, 6.07) is 10.5. The lowest BCUT2D eigenvalue weighted by atomic mass is 10.0. The van der Waals surface area contributed by atoms with Gasteiger partial charge < -0.3 is 4.90 Å². The predicted octanol–water partition coefficient (Wildman–Crippen LogP) is 1.51. The second-order valence-electron chi connectivity index (χ2n) is 6.37. The molecule has 2 aliphatic rings. The second-order valence-corrected chi connectivity index (χ2v) is 6.37. The molecule has 1 aromatic carbocycles. The second kappa shape index (κ2) is 5.25. The minimum atomic E-state index is 0.143.